The number of hydrogen-bond acceptors (Lipinski definition) is 2. The highest BCUT2D eigenvalue weighted by molar-refractivity contribution is 6.31. The molecule has 30 heavy (non-hydrogen) atoms. The summed E-state index contributed by atoms with van der Waals surface area (Å²) in [4.78, 5) is 12.1. The van der Waals surface area contributed by atoms with Gasteiger partial charge in [0.15, 0.2) is 0 Å². The van der Waals surface area contributed by atoms with Gasteiger partial charge in [-0.25, -0.2) is 4.79 Å². The normalized spacial score (nSPS) is 15.8. The fourth-order valence-corrected chi connectivity index (χ4v) is 4.87. The Morgan fingerprint density at radius 3 is 2.63 bits per heavy atom. The maximum Gasteiger partial charge on any atom is 0.337 e. The van der Waals surface area contributed by atoms with Crippen molar-refractivity contribution in [1.29, 1.82) is 0 Å². The number of nitrogens with one attached hydrogen (secondary N) is 1. The van der Waals surface area contributed by atoms with Crippen LogP contribution in [0.3, 0.4) is 0 Å². The summed E-state index contributed by atoms with van der Waals surface area (Å²) < 4.78 is 2.07. The summed E-state index contributed by atoms with van der Waals surface area (Å²) in [6.45, 7) is 4.97. The zero-order valence-electron chi connectivity index (χ0n) is 17.4. The molecular formula is C25H27ClN2O2. The van der Waals surface area contributed by atoms with E-state index >= 15 is 0 Å². The van der Waals surface area contributed by atoms with Crippen molar-refractivity contribution in [2.24, 2.45) is 0 Å². The van der Waals surface area contributed by atoms with Gasteiger partial charge in [0, 0.05) is 41.1 Å². The molecule has 156 valence electrons. The molecule has 0 aliphatic heterocycles. The molecule has 0 spiro atoms. The molecule has 0 amide bonds. The van der Waals surface area contributed by atoms with E-state index in [1.807, 2.05) is 38.1 Å². The summed E-state index contributed by atoms with van der Waals surface area (Å²) in [5.41, 5.74) is 6.71. The van der Waals surface area contributed by atoms with E-state index in [1.54, 1.807) is 0 Å². The summed E-state index contributed by atoms with van der Waals surface area (Å²) >= 11 is 6.36. The van der Waals surface area contributed by atoms with Crippen molar-refractivity contribution in [2.75, 3.05) is 0 Å². The molecule has 2 aromatic carbocycles. The van der Waals surface area contributed by atoms with Gasteiger partial charge in [0.05, 0.1) is 5.56 Å². The van der Waals surface area contributed by atoms with Gasteiger partial charge in [-0.2, -0.15) is 0 Å². The molecule has 1 aromatic heterocycles. The van der Waals surface area contributed by atoms with E-state index in [4.69, 9.17) is 11.6 Å². The fourth-order valence-electron chi connectivity index (χ4n) is 4.67. The molecular weight excluding hydrogens is 396 g/mol. The van der Waals surface area contributed by atoms with E-state index < -0.39 is 5.97 Å². The van der Waals surface area contributed by atoms with Crippen LogP contribution in [-0.2, 0) is 19.5 Å². The zero-order valence-corrected chi connectivity index (χ0v) is 18.2. The Balaban J connectivity index is 1.64. The Morgan fingerprint density at radius 2 is 1.87 bits per heavy atom. The average molecular weight is 423 g/mol. The van der Waals surface area contributed by atoms with Gasteiger partial charge in [0.1, 0.15) is 0 Å². The molecule has 0 radical (unpaired) electrons. The summed E-state index contributed by atoms with van der Waals surface area (Å²) in [5, 5.41) is 14.3. The Kier molecular flexibility index (Phi) is 5.98. The lowest BCUT2D eigenvalue weighted by Gasteiger charge is -2.26. The molecule has 5 heteroatoms. The van der Waals surface area contributed by atoms with E-state index in [2.05, 4.69) is 34.1 Å². The van der Waals surface area contributed by atoms with Crippen molar-refractivity contribution in [2.45, 2.75) is 52.2 Å². The number of fused-ring (bicyclic) bond motifs is 1. The van der Waals surface area contributed by atoms with Gasteiger partial charge in [-0.1, -0.05) is 54.1 Å². The summed E-state index contributed by atoms with van der Waals surface area (Å²) in [7, 11) is 0. The smallest absolute Gasteiger partial charge is 0.337 e. The largest absolute Gasteiger partial charge is 0.478 e. The van der Waals surface area contributed by atoms with Crippen LogP contribution in [0.4, 0.5) is 0 Å². The van der Waals surface area contributed by atoms with E-state index in [1.165, 1.54) is 11.1 Å². The molecule has 4 nitrogen and oxygen atoms in total. The van der Waals surface area contributed by atoms with Crippen LogP contribution in [0.5, 0.6) is 0 Å². The predicted molar refractivity (Wildman–Crippen MR) is 120 cm³/mol. The molecule has 0 saturated heterocycles. The standard InChI is InChI=1S/C25H27ClN2O2/c1-16-21(14-27-23-13-7-10-18-8-3-5-11-20(18)23)24(25(29)30)17(2)28(16)15-19-9-4-6-12-22(19)26/h3-6,8-9,11-12,23,27H,7,10,13-15H2,1-2H3,(H,29,30). The van der Waals surface area contributed by atoms with Crippen LogP contribution >= 0.6 is 11.6 Å². The minimum absolute atomic E-state index is 0.253. The third kappa shape index (κ3) is 3.90. The van der Waals surface area contributed by atoms with Gasteiger partial charge in [0.25, 0.3) is 0 Å². The molecule has 1 unspecified atom stereocenters. The Labute approximate surface area is 182 Å². The van der Waals surface area contributed by atoms with Crippen molar-refractivity contribution >= 4 is 17.6 Å². The van der Waals surface area contributed by atoms with Crippen LogP contribution in [0.15, 0.2) is 48.5 Å². The number of nitrogens with zero attached hydrogens (tertiary/aromatic N) is 1. The summed E-state index contributed by atoms with van der Waals surface area (Å²) in [6.07, 6.45) is 3.32. The first-order valence-corrected chi connectivity index (χ1v) is 10.8. The van der Waals surface area contributed by atoms with Crippen LogP contribution in [-0.4, -0.2) is 15.6 Å². The topological polar surface area (TPSA) is 54.3 Å². The molecule has 2 N–H and O–H groups in total. The lowest BCUT2D eigenvalue weighted by atomic mass is 9.87. The second kappa shape index (κ2) is 8.66. The molecule has 1 aliphatic carbocycles. The summed E-state index contributed by atoms with van der Waals surface area (Å²) in [5.74, 6) is -0.880. The number of aromatic nitrogens is 1. The van der Waals surface area contributed by atoms with Gasteiger partial charge < -0.3 is 15.0 Å². The van der Waals surface area contributed by atoms with Crippen LogP contribution < -0.4 is 5.32 Å². The third-order valence-corrected chi connectivity index (χ3v) is 6.67. The maximum absolute atomic E-state index is 12.1. The number of rotatable bonds is 6. The van der Waals surface area contributed by atoms with E-state index in [-0.39, 0.29) is 6.04 Å². The number of halogens is 1. The van der Waals surface area contributed by atoms with Crippen LogP contribution in [0, 0.1) is 13.8 Å². The Morgan fingerprint density at radius 1 is 1.13 bits per heavy atom. The highest BCUT2D eigenvalue weighted by Gasteiger charge is 2.25. The molecule has 0 saturated carbocycles. The number of benzene rings is 2. The first-order valence-electron chi connectivity index (χ1n) is 10.4. The van der Waals surface area contributed by atoms with Crippen LogP contribution in [0.1, 0.15) is 62.9 Å². The van der Waals surface area contributed by atoms with Gasteiger partial charge >= 0.3 is 5.97 Å². The maximum atomic E-state index is 12.1. The second-order valence-electron chi connectivity index (χ2n) is 8.03. The third-order valence-electron chi connectivity index (χ3n) is 6.30. The Bertz CT molecular complexity index is 1090. The lowest BCUT2D eigenvalue weighted by molar-refractivity contribution is 0.0694. The zero-order chi connectivity index (χ0) is 21.3. The molecule has 0 bridgehead atoms. The first-order chi connectivity index (χ1) is 14.5. The SMILES string of the molecule is Cc1c(CNC2CCCc3ccccc32)c(C(=O)O)c(C)n1Cc1ccccc1Cl. The summed E-state index contributed by atoms with van der Waals surface area (Å²) in [6, 6.07) is 16.5. The number of aromatic carboxylic acids is 1. The Hall–Kier alpha value is -2.56. The number of carbonyl (C=O) groups is 1. The van der Waals surface area contributed by atoms with Crippen molar-refractivity contribution < 1.29 is 9.90 Å². The molecule has 4 rings (SSSR count). The molecule has 1 aliphatic rings. The van der Waals surface area contributed by atoms with E-state index in [9.17, 15) is 9.90 Å². The van der Waals surface area contributed by atoms with Crippen molar-refractivity contribution in [3.63, 3.8) is 0 Å². The minimum Gasteiger partial charge on any atom is -0.478 e. The lowest BCUT2D eigenvalue weighted by Crippen LogP contribution is -2.25. The van der Waals surface area contributed by atoms with Gasteiger partial charge in [-0.3, -0.25) is 0 Å². The predicted octanol–water partition coefficient (Wildman–Crippen LogP) is 5.67. The van der Waals surface area contributed by atoms with Crippen LogP contribution in [0.25, 0.3) is 0 Å². The van der Waals surface area contributed by atoms with Crippen molar-refractivity contribution in [3.05, 3.63) is 92.8 Å². The van der Waals surface area contributed by atoms with Crippen LogP contribution in [0.2, 0.25) is 5.02 Å². The fraction of sp³-hybridized carbons (Fsp3) is 0.320. The quantitative estimate of drug-likeness (QED) is 0.538. The van der Waals surface area contributed by atoms with E-state index in [0.717, 1.165) is 41.8 Å². The molecule has 0 fully saturated rings. The molecule has 3 aromatic rings. The highest BCUT2D eigenvalue weighted by Crippen LogP contribution is 2.31. The van der Waals surface area contributed by atoms with Crippen molar-refractivity contribution in [3.8, 4) is 0 Å². The first kappa shape index (κ1) is 20.7. The van der Waals surface area contributed by atoms with E-state index in [0.29, 0.717) is 23.7 Å². The average Bonchev–Trinajstić information content (AvgIpc) is 2.98. The second-order valence-corrected chi connectivity index (χ2v) is 8.44. The highest BCUT2D eigenvalue weighted by atomic mass is 35.5. The van der Waals surface area contributed by atoms with Gasteiger partial charge in [-0.05, 0) is 55.9 Å². The number of carboxylic acid groups (broad SMARTS) is 1. The number of aryl methyl sites for hydroxylation is 1. The van der Waals surface area contributed by atoms with Gasteiger partial charge in [-0.15, -0.1) is 0 Å². The van der Waals surface area contributed by atoms with Crippen molar-refractivity contribution in [1.82, 2.24) is 9.88 Å². The molecule has 1 atom stereocenters. The van der Waals surface area contributed by atoms with Gasteiger partial charge in [0.2, 0.25) is 0 Å². The monoisotopic (exact) mass is 422 g/mol. The number of carboxylic acids is 1. The number of hydrogen-bond donors (Lipinski definition) is 2. The minimum atomic E-state index is -0.880. The molecule has 1 heterocycles.